The van der Waals surface area contributed by atoms with Gasteiger partial charge in [0.05, 0.1) is 0 Å². The summed E-state index contributed by atoms with van der Waals surface area (Å²) in [5, 5.41) is 0.767. The predicted molar refractivity (Wildman–Crippen MR) is 77.9 cm³/mol. The lowest BCUT2D eigenvalue weighted by Crippen LogP contribution is -2.02. The summed E-state index contributed by atoms with van der Waals surface area (Å²) in [6, 6.07) is 7.67. The first kappa shape index (κ1) is 13.8. The maximum atomic E-state index is 6.15. The van der Waals surface area contributed by atoms with Gasteiger partial charge in [-0.05, 0) is 50.1 Å². The zero-order chi connectivity index (χ0) is 14.0. The molecule has 0 bridgehead atoms. The van der Waals surface area contributed by atoms with E-state index in [2.05, 4.69) is 4.98 Å². The molecule has 0 aliphatic rings. The van der Waals surface area contributed by atoms with E-state index in [0.717, 1.165) is 33.2 Å². The van der Waals surface area contributed by atoms with Crippen molar-refractivity contribution >= 4 is 11.6 Å². The predicted octanol–water partition coefficient (Wildman–Crippen LogP) is 3.91. The number of aryl methyl sites for hydroxylation is 3. The van der Waals surface area contributed by atoms with Crippen LogP contribution in [0.15, 0.2) is 24.3 Å². The van der Waals surface area contributed by atoms with Crippen LogP contribution in [-0.4, -0.2) is 4.98 Å². The number of halogens is 1. The van der Waals surface area contributed by atoms with Crippen molar-refractivity contribution in [2.45, 2.75) is 27.3 Å². The fraction of sp³-hybridized carbons (Fsp3) is 0.267. The van der Waals surface area contributed by atoms with Crippen LogP contribution in [0.2, 0.25) is 5.02 Å². The number of pyridine rings is 1. The third-order valence-corrected chi connectivity index (χ3v) is 3.52. The van der Waals surface area contributed by atoms with Gasteiger partial charge in [-0.25, -0.2) is 4.98 Å². The van der Waals surface area contributed by atoms with Gasteiger partial charge in [-0.2, -0.15) is 0 Å². The van der Waals surface area contributed by atoms with E-state index in [1.807, 2.05) is 45.0 Å². The molecule has 1 aromatic carbocycles. The maximum absolute atomic E-state index is 6.15. The third-order valence-electron chi connectivity index (χ3n) is 2.92. The lowest BCUT2D eigenvalue weighted by atomic mass is 10.1. The number of nitrogens with two attached hydrogens (primary N) is 1. The second kappa shape index (κ2) is 5.59. The molecule has 0 saturated heterocycles. The van der Waals surface area contributed by atoms with Crippen molar-refractivity contribution in [3.05, 3.63) is 51.7 Å². The second-order valence-corrected chi connectivity index (χ2v) is 4.97. The highest BCUT2D eigenvalue weighted by Crippen LogP contribution is 2.29. The molecule has 0 amide bonds. The van der Waals surface area contributed by atoms with Crippen LogP contribution < -0.4 is 10.5 Å². The van der Waals surface area contributed by atoms with Gasteiger partial charge in [-0.3, -0.25) is 0 Å². The number of benzene rings is 1. The number of nitrogens with zero attached hydrogens (tertiary/aromatic N) is 1. The SMILES string of the molecule is Cc1ccc(CN)c(Oc2cc(C)c(Cl)c(C)c2)n1. The Kier molecular flexibility index (Phi) is 4.08. The molecule has 2 rings (SSSR count). The van der Waals surface area contributed by atoms with E-state index in [0.29, 0.717) is 12.4 Å². The first-order valence-corrected chi connectivity index (χ1v) is 6.50. The Morgan fingerprint density at radius 2 is 1.79 bits per heavy atom. The summed E-state index contributed by atoms with van der Waals surface area (Å²) in [6.45, 7) is 6.23. The molecule has 0 unspecified atom stereocenters. The highest BCUT2D eigenvalue weighted by atomic mass is 35.5. The summed E-state index contributed by atoms with van der Waals surface area (Å²) >= 11 is 6.15. The Morgan fingerprint density at radius 3 is 2.37 bits per heavy atom. The standard InChI is InChI=1S/C15H17ClN2O/c1-9-6-13(7-10(2)14(9)16)19-15-12(8-17)5-4-11(3)18-15/h4-7H,8,17H2,1-3H3. The Bertz CT molecular complexity index is 588. The average molecular weight is 277 g/mol. The van der Waals surface area contributed by atoms with Gasteiger partial charge in [-0.15, -0.1) is 0 Å². The first-order valence-electron chi connectivity index (χ1n) is 6.12. The Hall–Kier alpha value is -1.58. The normalized spacial score (nSPS) is 10.6. The lowest BCUT2D eigenvalue weighted by molar-refractivity contribution is 0.454. The molecule has 0 aliphatic carbocycles. The van der Waals surface area contributed by atoms with Crippen LogP contribution in [0.5, 0.6) is 11.6 Å². The van der Waals surface area contributed by atoms with Crippen LogP contribution in [0.4, 0.5) is 0 Å². The largest absolute Gasteiger partial charge is 0.439 e. The molecule has 3 nitrogen and oxygen atoms in total. The van der Waals surface area contributed by atoms with Gasteiger partial charge in [0.2, 0.25) is 5.88 Å². The average Bonchev–Trinajstić information content (AvgIpc) is 2.36. The molecule has 0 fully saturated rings. The van der Waals surface area contributed by atoms with Crippen LogP contribution in [0.25, 0.3) is 0 Å². The molecule has 4 heteroatoms. The molecule has 2 N–H and O–H groups in total. The van der Waals surface area contributed by atoms with E-state index in [9.17, 15) is 0 Å². The number of rotatable bonds is 3. The van der Waals surface area contributed by atoms with Gasteiger partial charge < -0.3 is 10.5 Å². The van der Waals surface area contributed by atoms with Crippen molar-refractivity contribution in [1.82, 2.24) is 4.98 Å². The highest BCUT2D eigenvalue weighted by Gasteiger charge is 2.09. The molecule has 0 spiro atoms. The summed E-state index contributed by atoms with van der Waals surface area (Å²) in [4.78, 5) is 4.39. The molecule has 0 saturated carbocycles. The van der Waals surface area contributed by atoms with Crippen LogP contribution >= 0.6 is 11.6 Å². The van der Waals surface area contributed by atoms with Gasteiger partial charge in [0, 0.05) is 22.8 Å². The van der Waals surface area contributed by atoms with Gasteiger partial charge in [0.25, 0.3) is 0 Å². The minimum absolute atomic E-state index is 0.397. The van der Waals surface area contributed by atoms with Gasteiger partial charge in [0.15, 0.2) is 0 Å². The molecule has 100 valence electrons. The molecule has 0 atom stereocenters. The highest BCUT2D eigenvalue weighted by molar-refractivity contribution is 6.32. The van der Waals surface area contributed by atoms with E-state index < -0.39 is 0 Å². The molecular weight excluding hydrogens is 260 g/mol. The number of hydrogen-bond acceptors (Lipinski definition) is 3. The van der Waals surface area contributed by atoms with Crippen molar-refractivity contribution in [1.29, 1.82) is 0 Å². The zero-order valence-corrected chi connectivity index (χ0v) is 12.1. The second-order valence-electron chi connectivity index (χ2n) is 4.59. The van der Waals surface area contributed by atoms with E-state index in [-0.39, 0.29) is 0 Å². The molecule has 19 heavy (non-hydrogen) atoms. The minimum Gasteiger partial charge on any atom is -0.439 e. The van der Waals surface area contributed by atoms with Crippen molar-refractivity contribution in [2.75, 3.05) is 0 Å². The van der Waals surface area contributed by atoms with Gasteiger partial charge in [0.1, 0.15) is 5.75 Å². The summed E-state index contributed by atoms with van der Waals surface area (Å²) < 4.78 is 5.85. The summed E-state index contributed by atoms with van der Waals surface area (Å²) in [5.74, 6) is 1.29. The van der Waals surface area contributed by atoms with Crippen molar-refractivity contribution in [3.63, 3.8) is 0 Å². The third kappa shape index (κ3) is 3.06. The molecule has 0 aliphatic heterocycles. The number of ether oxygens (including phenoxy) is 1. The zero-order valence-electron chi connectivity index (χ0n) is 11.3. The Morgan fingerprint density at radius 1 is 1.16 bits per heavy atom. The van der Waals surface area contributed by atoms with Crippen LogP contribution in [0, 0.1) is 20.8 Å². The lowest BCUT2D eigenvalue weighted by Gasteiger charge is -2.12. The first-order chi connectivity index (χ1) is 9.01. The summed E-state index contributed by atoms with van der Waals surface area (Å²) in [5.41, 5.74) is 9.45. The number of aromatic nitrogens is 1. The van der Waals surface area contributed by atoms with Gasteiger partial charge >= 0.3 is 0 Å². The van der Waals surface area contributed by atoms with Crippen LogP contribution in [-0.2, 0) is 6.54 Å². The fourth-order valence-corrected chi connectivity index (χ4v) is 1.99. The molecule has 1 aromatic heterocycles. The van der Waals surface area contributed by atoms with Crippen molar-refractivity contribution in [3.8, 4) is 11.6 Å². The monoisotopic (exact) mass is 276 g/mol. The molecule has 2 aromatic rings. The van der Waals surface area contributed by atoms with Crippen molar-refractivity contribution in [2.24, 2.45) is 5.73 Å². The van der Waals surface area contributed by atoms with Crippen LogP contribution in [0.3, 0.4) is 0 Å². The van der Waals surface area contributed by atoms with Crippen LogP contribution in [0.1, 0.15) is 22.4 Å². The van der Waals surface area contributed by atoms with Gasteiger partial charge in [-0.1, -0.05) is 17.7 Å². The quantitative estimate of drug-likeness (QED) is 0.924. The van der Waals surface area contributed by atoms with E-state index in [1.54, 1.807) is 0 Å². The minimum atomic E-state index is 0.397. The molecular formula is C15H17ClN2O. The van der Waals surface area contributed by atoms with E-state index in [4.69, 9.17) is 22.1 Å². The van der Waals surface area contributed by atoms with E-state index in [1.165, 1.54) is 0 Å². The number of hydrogen-bond donors (Lipinski definition) is 1. The summed E-state index contributed by atoms with van der Waals surface area (Å²) in [7, 11) is 0. The fourth-order valence-electron chi connectivity index (χ4n) is 1.88. The smallest absolute Gasteiger partial charge is 0.223 e. The topological polar surface area (TPSA) is 48.1 Å². The Labute approximate surface area is 118 Å². The maximum Gasteiger partial charge on any atom is 0.223 e. The molecule has 1 heterocycles. The molecule has 0 radical (unpaired) electrons. The van der Waals surface area contributed by atoms with Crippen molar-refractivity contribution < 1.29 is 4.74 Å². The Balaban J connectivity index is 2.38. The summed E-state index contributed by atoms with van der Waals surface area (Å²) in [6.07, 6.45) is 0. The van der Waals surface area contributed by atoms with E-state index >= 15 is 0 Å².